The largest absolute Gasteiger partial charge is 0.293 e. The van der Waals surface area contributed by atoms with Crippen LogP contribution in [0.2, 0.25) is 0 Å². The molecule has 23 heavy (non-hydrogen) atoms. The number of hydroxylamine groups is 2. The lowest BCUT2D eigenvalue weighted by atomic mass is 9.83. The van der Waals surface area contributed by atoms with Crippen molar-refractivity contribution in [2.75, 3.05) is 0 Å². The first-order valence-corrected chi connectivity index (χ1v) is 9.00. The molecule has 0 aliphatic carbocycles. The molecule has 1 aromatic carbocycles. The molecule has 0 fully saturated rings. The van der Waals surface area contributed by atoms with E-state index in [1.54, 1.807) is 0 Å². The Balaban J connectivity index is 2.61. The third-order valence-electron chi connectivity index (χ3n) is 5.71. The van der Waals surface area contributed by atoms with E-state index in [0.29, 0.717) is 6.42 Å². The van der Waals surface area contributed by atoms with E-state index in [2.05, 4.69) is 63.1 Å². The molecule has 0 saturated carbocycles. The van der Waals surface area contributed by atoms with E-state index < -0.39 is 0 Å². The average Bonchev–Trinajstić information content (AvgIpc) is 2.81. The molecule has 1 aliphatic heterocycles. The highest BCUT2D eigenvalue weighted by molar-refractivity contribution is 5.44. The van der Waals surface area contributed by atoms with E-state index >= 15 is 0 Å². The van der Waals surface area contributed by atoms with Crippen LogP contribution in [0.25, 0.3) is 0 Å². The minimum Gasteiger partial charge on any atom is -0.293 e. The third kappa shape index (κ3) is 2.58. The molecule has 0 aromatic heterocycles. The summed E-state index contributed by atoms with van der Waals surface area (Å²) in [5.41, 5.74) is 2.59. The molecule has 1 heterocycles. The summed E-state index contributed by atoms with van der Waals surface area (Å²) in [7, 11) is 0. The van der Waals surface area contributed by atoms with Crippen molar-refractivity contribution in [3.8, 4) is 6.07 Å². The Morgan fingerprint density at radius 2 is 1.43 bits per heavy atom. The molecule has 2 rings (SSSR count). The lowest BCUT2D eigenvalue weighted by Gasteiger charge is -2.46. The molecular formula is C20H30N2O. The molecule has 0 N–H and O–H groups in total. The van der Waals surface area contributed by atoms with Crippen molar-refractivity contribution < 1.29 is 4.84 Å². The molecule has 1 atom stereocenters. The standard InChI is InChI=1S/C20H30N2O/c1-6-19(7-2)17-12-10-11-13-18(17)20(8-3,9-4)22(19)23-16(5)14-15-21/h10-13,16H,6-9,14H2,1-5H3. The van der Waals surface area contributed by atoms with Crippen LogP contribution in [0.1, 0.15) is 77.8 Å². The van der Waals surface area contributed by atoms with Crippen LogP contribution in [0.5, 0.6) is 0 Å². The summed E-state index contributed by atoms with van der Waals surface area (Å²) in [4.78, 5) is 6.44. The van der Waals surface area contributed by atoms with Crippen LogP contribution in [0.15, 0.2) is 24.3 Å². The van der Waals surface area contributed by atoms with Crippen LogP contribution < -0.4 is 0 Å². The van der Waals surface area contributed by atoms with Crippen molar-refractivity contribution >= 4 is 0 Å². The van der Waals surface area contributed by atoms with Crippen LogP contribution >= 0.6 is 0 Å². The summed E-state index contributed by atoms with van der Waals surface area (Å²) in [6.07, 6.45) is 4.33. The fourth-order valence-electron chi connectivity index (χ4n) is 4.31. The van der Waals surface area contributed by atoms with Gasteiger partial charge in [0.05, 0.1) is 29.7 Å². The second-order valence-electron chi connectivity index (χ2n) is 6.60. The van der Waals surface area contributed by atoms with E-state index in [0.717, 1.165) is 25.7 Å². The van der Waals surface area contributed by atoms with Gasteiger partial charge >= 0.3 is 0 Å². The Kier molecular flexibility index (Phi) is 5.49. The maximum Gasteiger partial charge on any atom is 0.0895 e. The fraction of sp³-hybridized carbons (Fsp3) is 0.650. The lowest BCUT2D eigenvalue weighted by molar-refractivity contribution is -0.301. The number of fused-ring (bicyclic) bond motifs is 1. The van der Waals surface area contributed by atoms with Gasteiger partial charge in [-0.05, 0) is 43.7 Å². The van der Waals surface area contributed by atoms with E-state index in [1.165, 1.54) is 11.1 Å². The topological polar surface area (TPSA) is 36.3 Å². The summed E-state index contributed by atoms with van der Waals surface area (Å²) in [5.74, 6) is 0. The normalized spacial score (nSPS) is 20.0. The average molecular weight is 314 g/mol. The second kappa shape index (κ2) is 7.03. The molecular weight excluding hydrogens is 284 g/mol. The first-order valence-electron chi connectivity index (χ1n) is 9.00. The summed E-state index contributed by atoms with van der Waals surface area (Å²) >= 11 is 0. The molecule has 1 aliphatic rings. The Labute approximate surface area is 141 Å². The first kappa shape index (κ1) is 18.0. The third-order valence-corrected chi connectivity index (χ3v) is 5.71. The number of hydrogen-bond donors (Lipinski definition) is 0. The zero-order valence-corrected chi connectivity index (χ0v) is 15.2. The van der Waals surface area contributed by atoms with Gasteiger partial charge in [-0.25, -0.2) is 0 Å². The number of nitrogens with zero attached hydrogens (tertiary/aromatic N) is 2. The minimum absolute atomic E-state index is 0.0933. The van der Waals surface area contributed by atoms with E-state index in [4.69, 9.17) is 10.1 Å². The van der Waals surface area contributed by atoms with Crippen LogP contribution in [-0.4, -0.2) is 11.2 Å². The summed E-state index contributed by atoms with van der Waals surface area (Å²) in [6.45, 7) is 11.0. The molecule has 3 heteroatoms. The molecule has 0 spiro atoms. The quantitative estimate of drug-likeness (QED) is 0.688. The van der Waals surface area contributed by atoms with Gasteiger partial charge in [-0.15, -0.1) is 0 Å². The van der Waals surface area contributed by atoms with Gasteiger partial charge in [-0.3, -0.25) is 4.84 Å². The van der Waals surface area contributed by atoms with Gasteiger partial charge in [0, 0.05) is 0 Å². The number of nitriles is 1. The van der Waals surface area contributed by atoms with Gasteiger partial charge in [0.15, 0.2) is 0 Å². The van der Waals surface area contributed by atoms with Crippen molar-refractivity contribution in [1.82, 2.24) is 5.06 Å². The van der Waals surface area contributed by atoms with Crippen molar-refractivity contribution in [1.29, 1.82) is 5.26 Å². The van der Waals surface area contributed by atoms with Gasteiger partial charge in [0.1, 0.15) is 0 Å². The molecule has 0 saturated heterocycles. The van der Waals surface area contributed by atoms with Crippen LogP contribution in [0.3, 0.4) is 0 Å². The number of hydrogen-bond acceptors (Lipinski definition) is 3. The molecule has 0 amide bonds. The minimum atomic E-state index is -0.105. The van der Waals surface area contributed by atoms with E-state index in [-0.39, 0.29) is 17.2 Å². The second-order valence-corrected chi connectivity index (χ2v) is 6.60. The summed E-state index contributed by atoms with van der Waals surface area (Å²) in [5, 5.41) is 11.3. The Morgan fingerprint density at radius 1 is 1.00 bits per heavy atom. The van der Waals surface area contributed by atoms with Gasteiger partial charge in [0.2, 0.25) is 0 Å². The molecule has 0 bridgehead atoms. The Bertz CT molecular complexity index is 528. The predicted molar refractivity (Wildman–Crippen MR) is 93.6 cm³/mol. The maximum absolute atomic E-state index is 9.02. The first-order chi connectivity index (χ1) is 11.1. The lowest BCUT2D eigenvalue weighted by Crippen LogP contribution is -2.51. The molecule has 1 aromatic rings. The molecule has 0 radical (unpaired) electrons. The maximum atomic E-state index is 9.02. The SMILES string of the molecule is CCC1(CC)c2ccccc2C(CC)(CC)N1OC(C)CC#N. The zero-order chi connectivity index (χ0) is 17.1. The number of rotatable bonds is 7. The number of benzene rings is 1. The summed E-state index contributed by atoms with van der Waals surface area (Å²) in [6, 6.07) is 11.0. The van der Waals surface area contributed by atoms with Crippen LogP contribution in [0, 0.1) is 11.3 Å². The highest BCUT2D eigenvalue weighted by Crippen LogP contribution is 2.56. The van der Waals surface area contributed by atoms with Crippen molar-refractivity contribution in [3.05, 3.63) is 35.4 Å². The monoisotopic (exact) mass is 314 g/mol. The molecule has 3 nitrogen and oxygen atoms in total. The molecule has 126 valence electrons. The smallest absolute Gasteiger partial charge is 0.0895 e. The Hall–Kier alpha value is -1.37. The Morgan fingerprint density at radius 3 is 1.78 bits per heavy atom. The predicted octanol–water partition coefficient (Wildman–Crippen LogP) is 5.27. The van der Waals surface area contributed by atoms with Crippen LogP contribution in [0.4, 0.5) is 0 Å². The zero-order valence-electron chi connectivity index (χ0n) is 15.2. The highest BCUT2D eigenvalue weighted by atomic mass is 16.7. The van der Waals surface area contributed by atoms with Gasteiger partial charge < -0.3 is 0 Å². The fourth-order valence-corrected chi connectivity index (χ4v) is 4.31. The highest BCUT2D eigenvalue weighted by Gasteiger charge is 2.56. The van der Waals surface area contributed by atoms with E-state index in [9.17, 15) is 0 Å². The van der Waals surface area contributed by atoms with Crippen molar-refractivity contribution in [2.45, 2.75) is 83.9 Å². The molecule has 1 unspecified atom stereocenters. The van der Waals surface area contributed by atoms with Gasteiger partial charge in [-0.1, -0.05) is 52.0 Å². The summed E-state index contributed by atoms with van der Waals surface area (Å²) < 4.78 is 0. The van der Waals surface area contributed by atoms with Crippen molar-refractivity contribution in [3.63, 3.8) is 0 Å². The van der Waals surface area contributed by atoms with Gasteiger partial charge in [-0.2, -0.15) is 10.3 Å². The van der Waals surface area contributed by atoms with E-state index in [1.807, 2.05) is 6.92 Å². The van der Waals surface area contributed by atoms with Crippen molar-refractivity contribution in [2.24, 2.45) is 0 Å². The van der Waals surface area contributed by atoms with Gasteiger partial charge in [0.25, 0.3) is 0 Å². The van der Waals surface area contributed by atoms with Crippen LogP contribution in [-0.2, 0) is 15.9 Å².